The molecule has 0 aliphatic heterocycles. The standard InChI is InChI=1S/C15H13ClFN5O/c1-8-12-14(22(2)21-8)13(20-7-19-12)15(23)18-6-9-3-4-11(17)10(16)5-9/h3-5,7H,6H2,1-2H3,(H,18,23). The minimum atomic E-state index is -0.496. The average Bonchev–Trinajstić information content (AvgIpc) is 2.83. The molecule has 0 atom stereocenters. The first-order valence-electron chi connectivity index (χ1n) is 6.84. The maximum Gasteiger partial charge on any atom is 0.272 e. The Kier molecular flexibility index (Phi) is 3.96. The smallest absolute Gasteiger partial charge is 0.272 e. The number of rotatable bonds is 3. The van der Waals surface area contributed by atoms with Crippen molar-refractivity contribution in [1.82, 2.24) is 25.1 Å². The van der Waals surface area contributed by atoms with Gasteiger partial charge in [-0.2, -0.15) is 5.10 Å². The van der Waals surface area contributed by atoms with Crippen LogP contribution in [0.4, 0.5) is 4.39 Å². The van der Waals surface area contributed by atoms with Gasteiger partial charge in [-0.25, -0.2) is 14.4 Å². The van der Waals surface area contributed by atoms with E-state index in [4.69, 9.17) is 11.6 Å². The second-order valence-corrected chi connectivity index (χ2v) is 5.47. The second-order valence-electron chi connectivity index (χ2n) is 5.06. The van der Waals surface area contributed by atoms with Gasteiger partial charge in [-0.15, -0.1) is 0 Å². The summed E-state index contributed by atoms with van der Waals surface area (Å²) >= 11 is 5.73. The van der Waals surface area contributed by atoms with Crippen LogP contribution in [0.15, 0.2) is 24.5 Å². The predicted molar refractivity (Wildman–Crippen MR) is 83.6 cm³/mol. The summed E-state index contributed by atoms with van der Waals surface area (Å²) in [5.41, 5.74) is 2.86. The number of carbonyl (C=O) groups excluding carboxylic acids is 1. The number of hydrogen-bond donors (Lipinski definition) is 1. The monoisotopic (exact) mass is 333 g/mol. The van der Waals surface area contributed by atoms with Crippen LogP contribution in [0.5, 0.6) is 0 Å². The van der Waals surface area contributed by atoms with E-state index in [1.807, 2.05) is 6.92 Å². The van der Waals surface area contributed by atoms with Crippen LogP contribution in [0, 0.1) is 12.7 Å². The van der Waals surface area contributed by atoms with Gasteiger partial charge in [0.05, 0.1) is 10.7 Å². The van der Waals surface area contributed by atoms with E-state index < -0.39 is 5.82 Å². The first kappa shape index (κ1) is 15.4. The van der Waals surface area contributed by atoms with Crippen LogP contribution in [0.3, 0.4) is 0 Å². The molecule has 1 amide bonds. The van der Waals surface area contributed by atoms with Gasteiger partial charge in [-0.3, -0.25) is 9.48 Å². The third-order valence-corrected chi connectivity index (χ3v) is 3.73. The quantitative estimate of drug-likeness (QED) is 0.798. The van der Waals surface area contributed by atoms with Crippen molar-refractivity contribution in [3.05, 3.63) is 52.3 Å². The minimum absolute atomic E-state index is 0.0171. The van der Waals surface area contributed by atoms with Gasteiger partial charge in [0.15, 0.2) is 5.69 Å². The van der Waals surface area contributed by atoms with Crippen molar-refractivity contribution in [2.75, 3.05) is 0 Å². The molecule has 0 spiro atoms. The molecule has 0 aliphatic carbocycles. The minimum Gasteiger partial charge on any atom is -0.347 e. The molecule has 2 aromatic heterocycles. The van der Waals surface area contributed by atoms with Gasteiger partial charge in [0, 0.05) is 13.6 Å². The van der Waals surface area contributed by atoms with Crippen molar-refractivity contribution < 1.29 is 9.18 Å². The Morgan fingerprint density at radius 3 is 2.91 bits per heavy atom. The number of halogens is 2. The Morgan fingerprint density at radius 1 is 1.39 bits per heavy atom. The second kappa shape index (κ2) is 5.92. The van der Waals surface area contributed by atoms with Gasteiger partial charge in [-0.05, 0) is 24.6 Å². The maximum atomic E-state index is 13.1. The van der Waals surface area contributed by atoms with E-state index in [9.17, 15) is 9.18 Å². The number of nitrogens with one attached hydrogen (secondary N) is 1. The lowest BCUT2D eigenvalue weighted by molar-refractivity contribution is 0.0947. The molecule has 0 aliphatic rings. The first-order valence-corrected chi connectivity index (χ1v) is 7.21. The molecular formula is C15H13ClFN5O. The van der Waals surface area contributed by atoms with Crippen molar-refractivity contribution in [2.24, 2.45) is 7.05 Å². The SMILES string of the molecule is Cc1nn(C)c2c(C(=O)NCc3ccc(F)c(Cl)c3)ncnc12. The summed E-state index contributed by atoms with van der Waals surface area (Å²) in [5.74, 6) is -0.856. The summed E-state index contributed by atoms with van der Waals surface area (Å²) in [5, 5.41) is 7.00. The van der Waals surface area contributed by atoms with Gasteiger partial charge in [0.1, 0.15) is 23.2 Å². The van der Waals surface area contributed by atoms with Gasteiger partial charge < -0.3 is 5.32 Å². The van der Waals surface area contributed by atoms with E-state index in [-0.39, 0.29) is 23.2 Å². The van der Waals surface area contributed by atoms with Crippen molar-refractivity contribution in [3.63, 3.8) is 0 Å². The molecule has 2 heterocycles. The fourth-order valence-corrected chi connectivity index (χ4v) is 2.56. The van der Waals surface area contributed by atoms with E-state index in [2.05, 4.69) is 20.4 Å². The molecule has 0 saturated heterocycles. The molecular weight excluding hydrogens is 321 g/mol. The number of amides is 1. The number of aromatic nitrogens is 4. The highest BCUT2D eigenvalue weighted by Crippen LogP contribution is 2.18. The third-order valence-electron chi connectivity index (χ3n) is 3.44. The molecule has 1 aromatic carbocycles. The molecule has 8 heteroatoms. The Labute approximate surface area is 136 Å². The molecule has 0 radical (unpaired) electrons. The van der Waals surface area contributed by atoms with E-state index in [1.54, 1.807) is 17.8 Å². The summed E-state index contributed by atoms with van der Waals surface area (Å²) in [6, 6.07) is 4.30. The zero-order chi connectivity index (χ0) is 16.6. The number of carbonyl (C=O) groups is 1. The van der Waals surface area contributed by atoms with E-state index in [0.29, 0.717) is 16.6 Å². The third kappa shape index (κ3) is 2.87. The summed E-state index contributed by atoms with van der Waals surface area (Å²) in [7, 11) is 1.73. The molecule has 1 N–H and O–H groups in total. The van der Waals surface area contributed by atoms with Crippen LogP contribution in [-0.2, 0) is 13.6 Å². The number of nitrogens with zero attached hydrogens (tertiary/aromatic N) is 4. The first-order chi connectivity index (χ1) is 11.0. The van der Waals surface area contributed by atoms with Gasteiger partial charge >= 0.3 is 0 Å². The summed E-state index contributed by atoms with van der Waals surface area (Å²) in [6.07, 6.45) is 1.33. The fourth-order valence-electron chi connectivity index (χ4n) is 2.35. The van der Waals surface area contributed by atoms with Crippen LogP contribution in [0.2, 0.25) is 5.02 Å². The van der Waals surface area contributed by atoms with E-state index in [0.717, 1.165) is 5.69 Å². The highest BCUT2D eigenvalue weighted by Gasteiger charge is 2.17. The molecule has 6 nitrogen and oxygen atoms in total. The lowest BCUT2D eigenvalue weighted by atomic mass is 10.2. The predicted octanol–water partition coefficient (Wildman–Crippen LogP) is 2.39. The average molecular weight is 334 g/mol. The molecule has 3 rings (SSSR count). The number of hydrogen-bond acceptors (Lipinski definition) is 4. The molecule has 118 valence electrons. The zero-order valence-corrected chi connectivity index (χ0v) is 13.2. The molecule has 0 bridgehead atoms. The van der Waals surface area contributed by atoms with Gasteiger partial charge in [-0.1, -0.05) is 17.7 Å². The van der Waals surface area contributed by atoms with Crippen molar-refractivity contribution in [3.8, 4) is 0 Å². The molecule has 23 heavy (non-hydrogen) atoms. The summed E-state index contributed by atoms with van der Waals surface area (Å²) in [6.45, 7) is 2.03. The number of benzene rings is 1. The Balaban J connectivity index is 1.85. The van der Waals surface area contributed by atoms with Gasteiger partial charge in [0.25, 0.3) is 5.91 Å². The highest BCUT2D eigenvalue weighted by molar-refractivity contribution is 6.30. The molecule has 0 saturated carbocycles. The zero-order valence-electron chi connectivity index (χ0n) is 12.5. The maximum absolute atomic E-state index is 13.1. The summed E-state index contributed by atoms with van der Waals surface area (Å²) in [4.78, 5) is 20.6. The van der Waals surface area contributed by atoms with Crippen molar-refractivity contribution in [1.29, 1.82) is 0 Å². The van der Waals surface area contributed by atoms with Crippen LogP contribution in [0.25, 0.3) is 11.0 Å². The number of fused-ring (bicyclic) bond motifs is 1. The lowest BCUT2D eigenvalue weighted by Gasteiger charge is -2.07. The van der Waals surface area contributed by atoms with E-state index >= 15 is 0 Å². The highest BCUT2D eigenvalue weighted by atomic mass is 35.5. The molecule has 3 aromatic rings. The number of aryl methyl sites for hydroxylation is 2. The van der Waals surface area contributed by atoms with Crippen LogP contribution >= 0.6 is 11.6 Å². The Bertz CT molecular complexity index is 908. The Morgan fingerprint density at radius 2 is 2.17 bits per heavy atom. The van der Waals surface area contributed by atoms with Crippen molar-refractivity contribution >= 4 is 28.5 Å². The largest absolute Gasteiger partial charge is 0.347 e. The van der Waals surface area contributed by atoms with Gasteiger partial charge in [0.2, 0.25) is 0 Å². The molecule has 0 fully saturated rings. The van der Waals surface area contributed by atoms with Crippen molar-refractivity contribution in [2.45, 2.75) is 13.5 Å². The van der Waals surface area contributed by atoms with Crippen LogP contribution < -0.4 is 5.32 Å². The van der Waals surface area contributed by atoms with Crippen LogP contribution in [-0.4, -0.2) is 25.7 Å². The topological polar surface area (TPSA) is 72.7 Å². The molecule has 0 unspecified atom stereocenters. The lowest BCUT2D eigenvalue weighted by Crippen LogP contribution is -2.24. The summed E-state index contributed by atoms with van der Waals surface area (Å²) < 4.78 is 14.7. The van der Waals surface area contributed by atoms with Crippen LogP contribution in [0.1, 0.15) is 21.7 Å². The normalized spacial score (nSPS) is 11.0. The fraction of sp³-hybridized carbons (Fsp3) is 0.200. The Hall–Kier alpha value is -2.54. The van der Waals surface area contributed by atoms with E-state index in [1.165, 1.54) is 18.5 Å².